The molecule has 2 aliphatic carbocycles. The van der Waals surface area contributed by atoms with Crippen LogP contribution >= 0.6 is 0 Å². The lowest BCUT2D eigenvalue weighted by atomic mass is 9.37. The molecule has 2 bridgehead atoms. The predicted molar refractivity (Wildman–Crippen MR) is 148 cm³/mol. The first kappa shape index (κ1) is 28.7. The largest absolute Gasteiger partial charge is 0.298 e. The Kier molecular flexibility index (Phi) is 8.12. The molecule has 4 nitrogen and oxygen atoms in total. The molecule has 37 heavy (non-hydrogen) atoms. The number of carbonyl (C=O) groups excluding carboxylic acids is 4. The standard InChI is InChI=1S/C33H42O4/c1-21(2)14-16-25-20-32(19-18-23(5)6)28(35)26(17-15-22(3)4)29(36)33(30(32)37,31(25,7)8)27(34)24-12-10-9-11-13-24/h9-15,18,25-26H,16-17,19-20H2,1-8H3/t25-,26?,32+,33+/m1/s1. The third kappa shape index (κ3) is 4.64. The highest BCUT2D eigenvalue weighted by Gasteiger charge is 2.77. The lowest BCUT2D eigenvalue weighted by Gasteiger charge is -2.60. The second kappa shape index (κ2) is 10.5. The molecule has 0 aliphatic heterocycles. The Balaban J connectivity index is 2.40. The van der Waals surface area contributed by atoms with Crippen LogP contribution in [-0.4, -0.2) is 23.1 Å². The summed E-state index contributed by atoms with van der Waals surface area (Å²) in [6, 6.07) is 8.66. The zero-order valence-corrected chi connectivity index (χ0v) is 23.7. The van der Waals surface area contributed by atoms with E-state index >= 15 is 0 Å². The summed E-state index contributed by atoms with van der Waals surface area (Å²) >= 11 is 0. The van der Waals surface area contributed by atoms with E-state index in [0.29, 0.717) is 18.4 Å². The number of benzene rings is 1. The first-order valence-corrected chi connectivity index (χ1v) is 13.4. The van der Waals surface area contributed by atoms with Crippen molar-refractivity contribution >= 4 is 23.1 Å². The van der Waals surface area contributed by atoms with Crippen LogP contribution in [0.3, 0.4) is 0 Å². The van der Waals surface area contributed by atoms with Gasteiger partial charge in [-0.15, -0.1) is 0 Å². The Labute approximate surface area is 222 Å². The fraction of sp³-hybridized carbons (Fsp3) is 0.515. The molecule has 0 amide bonds. The quantitative estimate of drug-likeness (QED) is 0.213. The summed E-state index contributed by atoms with van der Waals surface area (Å²) in [6.45, 7) is 15.5. The monoisotopic (exact) mass is 502 g/mol. The fourth-order valence-corrected chi connectivity index (χ4v) is 6.37. The summed E-state index contributed by atoms with van der Waals surface area (Å²) in [4.78, 5) is 58.1. The average molecular weight is 503 g/mol. The Morgan fingerprint density at radius 3 is 1.89 bits per heavy atom. The van der Waals surface area contributed by atoms with Gasteiger partial charge in [0.05, 0.1) is 11.3 Å². The van der Waals surface area contributed by atoms with Crippen molar-refractivity contribution in [1.82, 2.24) is 0 Å². The molecule has 1 unspecified atom stereocenters. The van der Waals surface area contributed by atoms with Crippen molar-refractivity contribution < 1.29 is 19.2 Å². The van der Waals surface area contributed by atoms with E-state index < -0.39 is 39.5 Å². The zero-order valence-electron chi connectivity index (χ0n) is 23.7. The van der Waals surface area contributed by atoms with Gasteiger partial charge in [0.15, 0.2) is 28.5 Å². The highest BCUT2D eigenvalue weighted by atomic mass is 16.2. The minimum atomic E-state index is -1.92. The Hall–Kier alpha value is -2.88. The number of hydrogen-bond acceptors (Lipinski definition) is 4. The lowest BCUT2D eigenvalue weighted by Crippen LogP contribution is -2.73. The van der Waals surface area contributed by atoms with Gasteiger partial charge in [-0.1, -0.05) is 79.1 Å². The Morgan fingerprint density at radius 2 is 1.35 bits per heavy atom. The molecule has 0 radical (unpaired) electrons. The number of carbonyl (C=O) groups is 4. The van der Waals surface area contributed by atoms with Gasteiger partial charge in [0.25, 0.3) is 0 Å². The average Bonchev–Trinajstić information content (AvgIpc) is 2.82. The number of rotatable bonds is 8. The van der Waals surface area contributed by atoms with Crippen LogP contribution in [0.1, 0.15) is 91.4 Å². The summed E-state index contributed by atoms with van der Waals surface area (Å²) in [5.74, 6) is -3.01. The van der Waals surface area contributed by atoms with E-state index in [4.69, 9.17) is 0 Å². The van der Waals surface area contributed by atoms with E-state index in [1.165, 1.54) is 0 Å². The summed E-state index contributed by atoms with van der Waals surface area (Å²) < 4.78 is 0. The number of Topliss-reactive ketones (excluding diaryl/α,β-unsaturated/α-hetero) is 4. The maximum atomic E-state index is 14.8. The predicted octanol–water partition coefficient (Wildman–Crippen LogP) is 7.29. The van der Waals surface area contributed by atoms with E-state index in [1.54, 1.807) is 24.3 Å². The van der Waals surface area contributed by atoms with Gasteiger partial charge >= 0.3 is 0 Å². The van der Waals surface area contributed by atoms with Crippen LogP contribution in [0.15, 0.2) is 65.3 Å². The van der Waals surface area contributed by atoms with Crippen LogP contribution in [0.2, 0.25) is 0 Å². The zero-order chi connectivity index (χ0) is 27.8. The van der Waals surface area contributed by atoms with Crippen molar-refractivity contribution in [2.24, 2.45) is 28.1 Å². The van der Waals surface area contributed by atoms with Gasteiger partial charge in [0.1, 0.15) is 0 Å². The van der Waals surface area contributed by atoms with Crippen molar-refractivity contribution in [1.29, 1.82) is 0 Å². The van der Waals surface area contributed by atoms with Crippen LogP contribution in [0.5, 0.6) is 0 Å². The van der Waals surface area contributed by atoms with Crippen molar-refractivity contribution in [2.45, 2.75) is 81.1 Å². The molecule has 0 spiro atoms. The molecule has 1 aromatic rings. The SMILES string of the molecule is CC(C)=CCC1C(=O)[C@]2(CC=C(C)C)C[C@@H](CC=C(C)C)C(C)(C)[C@@](C(=O)c3ccccc3)(C1=O)C2=O. The number of allylic oxidation sites excluding steroid dienone is 6. The maximum absolute atomic E-state index is 14.8. The van der Waals surface area contributed by atoms with Gasteiger partial charge in [0.2, 0.25) is 0 Å². The minimum Gasteiger partial charge on any atom is -0.298 e. The van der Waals surface area contributed by atoms with Crippen LogP contribution in [0.4, 0.5) is 0 Å². The highest BCUT2D eigenvalue weighted by molar-refractivity contribution is 6.40. The molecule has 2 saturated carbocycles. The summed E-state index contributed by atoms with van der Waals surface area (Å²) in [7, 11) is 0. The number of hydrogen-bond donors (Lipinski definition) is 0. The van der Waals surface area contributed by atoms with E-state index in [-0.39, 0.29) is 24.5 Å². The lowest BCUT2D eigenvalue weighted by molar-refractivity contribution is -0.178. The first-order valence-electron chi connectivity index (χ1n) is 13.4. The normalized spacial score (nSPS) is 28.4. The summed E-state index contributed by atoms with van der Waals surface area (Å²) in [6.07, 6.45) is 7.28. The fourth-order valence-electron chi connectivity index (χ4n) is 6.37. The van der Waals surface area contributed by atoms with Crippen molar-refractivity contribution in [2.75, 3.05) is 0 Å². The maximum Gasteiger partial charge on any atom is 0.184 e. The Morgan fingerprint density at radius 1 is 0.811 bits per heavy atom. The van der Waals surface area contributed by atoms with E-state index in [9.17, 15) is 19.2 Å². The van der Waals surface area contributed by atoms with Gasteiger partial charge in [-0.3, -0.25) is 19.2 Å². The third-order valence-corrected chi connectivity index (χ3v) is 8.64. The second-order valence-corrected chi connectivity index (χ2v) is 12.3. The molecule has 4 atom stereocenters. The van der Waals surface area contributed by atoms with Crippen LogP contribution in [-0.2, 0) is 14.4 Å². The third-order valence-electron chi connectivity index (χ3n) is 8.64. The second-order valence-electron chi connectivity index (χ2n) is 12.3. The number of fused-ring (bicyclic) bond motifs is 2. The summed E-state index contributed by atoms with van der Waals surface area (Å²) in [5, 5.41) is 0. The van der Waals surface area contributed by atoms with E-state index in [1.807, 2.05) is 73.6 Å². The number of ketones is 4. The van der Waals surface area contributed by atoms with Crippen LogP contribution in [0.25, 0.3) is 0 Å². The molecular formula is C33H42O4. The molecule has 0 aromatic heterocycles. The smallest absolute Gasteiger partial charge is 0.184 e. The van der Waals surface area contributed by atoms with Crippen molar-refractivity contribution in [3.63, 3.8) is 0 Å². The molecule has 3 rings (SSSR count). The van der Waals surface area contributed by atoms with E-state index in [0.717, 1.165) is 16.7 Å². The molecular weight excluding hydrogens is 460 g/mol. The first-order chi connectivity index (χ1) is 17.2. The molecule has 1 aromatic carbocycles. The highest BCUT2D eigenvalue weighted by Crippen LogP contribution is 2.65. The van der Waals surface area contributed by atoms with Gasteiger partial charge in [0, 0.05) is 5.56 Å². The van der Waals surface area contributed by atoms with Crippen molar-refractivity contribution in [3.05, 3.63) is 70.8 Å². The minimum absolute atomic E-state index is 0.198. The van der Waals surface area contributed by atoms with Gasteiger partial charge in [-0.25, -0.2) is 0 Å². The van der Waals surface area contributed by atoms with Gasteiger partial charge in [-0.05, 0) is 78.6 Å². The van der Waals surface area contributed by atoms with Crippen molar-refractivity contribution in [3.8, 4) is 0 Å². The topological polar surface area (TPSA) is 68.3 Å². The van der Waals surface area contributed by atoms with Gasteiger partial charge < -0.3 is 0 Å². The molecule has 2 aliphatic rings. The molecule has 0 N–H and O–H groups in total. The van der Waals surface area contributed by atoms with Crippen LogP contribution < -0.4 is 0 Å². The summed E-state index contributed by atoms with van der Waals surface area (Å²) in [5.41, 5.74) is -0.839. The molecule has 4 heteroatoms. The van der Waals surface area contributed by atoms with Crippen LogP contribution in [0, 0.1) is 28.1 Å². The molecule has 0 heterocycles. The Bertz CT molecular complexity index is 1180. The molecule has 198 valence electrons. The van der Waals surface area contributed by atoms with E-state index in [2.05, 4.69) is 6.08 Å². The molecule has 0 saturated heterocycles. The molecule has 2 fully saturated rings. The van der Waals surface area contributed by atoms with Gasteiger partial charge in [-0.2, -0.15) is 0 Å².